The monoisotopic (exact) mass is 525 g/mol. The van der Waals surface area contributed by atoms with Gasteiger partial charge in [-0.3, -0.25) is 9.59 Å². The Bertz CT molecular complexity index is 1110. The fourth-order valence-electron chi connectivity index (χ4n) is 5.00. The zero-order chi connectivity index (χ0) is 27.7. The lowest BCUT2D eigenvalue weighted by atomic mass is 9.97. The number of aryl methyl sites for hydroxylation is 2. The Balaban J connectivity index is 0.000000436. The summed E-state index contributed by atoms with van der Waals surface area (Å²) in [5, 5.41) is 0. The summed E-state index contributed by atoms with van der Waals surface area (Å²) in [6.45, 7) is 6.59. The number of hydrogen-bond acceptors (Lipinski definition) is 4. The molecule has 2 aromatic carbocycles. The van der Waals surface area contributed by atoms with E-state index in [1.807, 2.05) is 34.1 Å². The number of halogens is 1. The van der Waals surface area contributed by atoms with Crippen LogP contribution in [0.4, 0.5) is 14.9 Å². The lowest BCUT2D eigenvalue weighted by Gasteiger charge is -2.40. The fraction of sp³-hybridized carbons (Fsp3) is 0.500. The summed E-state index contributed by atoms with van der Waals surface area (Å²) in [5.74, 6) is 0.0584. The zero-order valence-electron chi connectivity index (χ0n) is 22.7. The average Bonchev–Trinajstić information content (AvgIpc) is 2.86. The Morgan fingerprint density at radius 2 is 1.76 bits per heavy atom. The van der Waals surface area contributed by atoms with Crippen molar-refractivity contribution in [1.82, 2.24) is 4.90 Å². The molecule has 2 aromatic rings. The number of likely N-dealkylation sites (tertiary alicyclic amines) is 1. The number of fused-ring (bicyclic) bond motifs is 1. The van der Waals surface area contributed by atoms with Crippen molar-refractivity contribution in [2.75, 3.05) is 18.0 Å². The number of piperidine rings is 1. The third kappa shape index (κ3) is 8.57. The molecule has 1 atom stereocenters. The highest BCUT2D eigenvalue weighted by molar-refractivity contribution is 5.96. The Kier molecular flexibility index (Phi) is 10.3. The molecule has 0 saturated carbocycles. The van der Waals surface area contributed by atoms with E-state index in [9.17, 15) is 18.8 Å². The Hall–Kier alpha value is -3.42. The van der Waals surface area contributed by atoms with E-state index in [1.54, 1.807) is 32.9 Å². The molecule has 7 nitrogen and oxygen atoms in total. The molecule has 2 aliphatic rings. The molecule has 0 aromatic heterocycles. The molecule has 8 heteroatoms. The number of carbonyl (C=O) groups excluding carboxylic acids is 3. The van der Waals surface area contributed by atoms with Crippen LogP contribution in [0.2, 0.25) is 0 Å². The number of ether oxygens (including phenoxy) is 1. The van der Waals surface area contributed by atoms with Crippen LogP contribution in [0.25, 0.3) is 0 Å². The molecular weight excluding hydrogens is 485 g/mol. The molecule has 0 bridgehead atoms. The smallest absolute Gasteiger partial charge is 0.405 e. The summed E-state index contributed by atoms with van der Waals surface area (Å²) in [5.41, 5.74) is 7.12. The minimum atomic E-state index is -0.725. The molecule has 206 valence electrons. The van der Waals surface area contributed by atoms with Gasteiger partial charge in [-0.05, 0) is 82.6 Å². The van der Waals surface area contributed by atoms with Gasteiger partial charge >= 0.3 is 6.09 Å². The summed E-state index contributed by atoms with van der Waals surface area (Å²) >= 11 is 0. The van der Waals surface area contributed by atoms with Crippen LogP contribution in [-0.2, 0) is 27.2 Å². The van der Waals surface area contributed by atoms with Crippen molar-refractivity contribution in [2.45, 2.75) is 83.8 Å². The Morgan fingerprint density at radius 1 is 1.05 bits per heavy atom. The molecule has 1 unspecified atom stereocenters. The molecular formula is C30H40FN3O4. The van der Waals surface area contributed by atoms with Gasteiger partial charge in [-0.1, -0.05) is 36.4 Å². The number of para-hydroxylation sites is 1. The van der Waals surface area contributed by atoms with Gasteiger partial charge in [-0.15, -0.1) is 0 Å². The normalized spacial score (nSPS) is 17.3. The van der Waals surface area contributed by atoms with Crippen molar-refractivity contribution in [3.63, 3.8) is 0 Å². The predicted molar refractivity (Wildman–Crippen MR) is 146 cm³/mol. The van der Waals surface area contributed by atoms with Crippen LogP contribution in [0, 0.1) is 5.82 Å². The summed E-state index contributed by atoms with van der Waals surface area (Å²) in [7, 11) is 0. The molecule has 0 radical (unpaired) electrons. The van der Waals surface area contributed by atoms with Crippen LogP contribution in [0.1, 0.15) is 70.4 Å². The van der Waals surface area contributed by atoms with Crippen LogP contribution in [0.5, 0.6) is 0 Å². The van der Waals surface area contributed by atoms with E-state index in [-0.39, 0.29) is 23.7 Å². The highest BCUT2D eigenvalue weighted by Crippen LogP contribution is 2.30. The minimum Gasteiger partial charge on any atom is -0.444 e. The highest BCUT2D eigenvalue weighted by atomic mass is 19.1. The average molecular weight is 526 g/mol. The lowest BCUT2D eigenvalue weighted by Crippen LogP contribution is -2.51. The summed E-state index contributed by atoms with van der Waals surface area (Å²) in [6, 6.07) is 14.9. The lowest BCUT2D eigenvalue weighted by molar-refractivity contribution is -0.135. The predicted octanol–water partition coefficient (Wildman–Crippen LogP) is 5.39. The number of primary amides is 1. The van der Waals surface area contributed by atoms with Gasteiger partial charge < -0.3 is 20.3 Å². The van der Waals surface area contributed by atoms with Crippen LogP contribution in [-0.4, -0.2) is 47.5 Å². The maximum absolute atomic E-state index is 13.8. The SMILES string of the molecule is CC(C)(C)OC(N)=O.O=C1CCc2ccccc2N1CC1CCCCN1C(=O)CCCc1ccccc1F. The third-order valence-electron chi connectivity index (χ3n) is 6.73. The van der Waals surface area contributed by atoms with Gasteiger partial charge in [-0.25, -0.2) is 9.18 Å². The van der Waals surface area contributed by atoms with Crippen molar-refractivity contribution in [1.29, 1.82) is 0 Å². The van der Waals surface area contributed by atoms with Gasteiger partial charge in [-0.2, -0.15) is 0 Å². The maximum Gasteiger partial charge on any atom is 0.405 e. The van der Waals surface area contributed by atoms with Gasteiger partial charge in [0.15, 0.2) is 0 Å². The van der Waals surface area contributed by atoms with Crippen molar-refractivity contribution in [2.24, 2.45) is 5.73 Å². The van der Waals surface area contributed by atoms with Crippen LogP contribution >= 0.6 is 0 Å². The number of anilines is 1. The Labute approximate surface area is 225 Å². The van der Waals surface area contributed by atoms with E-state index < -0.39 is 11.7 Å². The van der Waals surface area contributed by atoms with Gasteiger partial charge in [0.05, 0.1) is 0 Å². The molecule has 2 heterocycles. The van der Waals surface area contributed by atoms with E-state index in [0.29, 0.717) is 37.8 Å². The van der Waals surface area contributed by atoms with E-state index >= 15 is 0 Å². The van der Waals surface area contributed by atoms with Crippen LogP contribution in [0.15, 0.2) is 48.5 Å². The number of rotatable bonds is 6. The zero-order valence-corrected chi connectivity index (χ0v) is 22.7. The largest absolute Gasteiger partial charge is 0.444 e. The van der Waals surface area contributed by atoms with Crippen LogP contribution in [0.3, 0.4) is 0 Å². The molecule has 0 spiro atoms. The molecule has 2 aliphatic heterocycles. The van der Waals surface area contributed by atoms with Gasteiger partial charge in [0.25, 0.3) is 0 Å². The van der Waals surface area contributed by atoms with Gasteiger partial charge in [0, 0.05) is 37.7 Å². The summed E-state index contributed by atoms with van der Waals surface area (Å²) in [6.07, 6.45) is 5.20. The van der Waals surface area contributed by atoms with Crippen molar-refractivity contribution >= 4 is 23.6 Å². The molecule has 38 heavy (non-hydrogen) atoms. The first-order valence-electron chi connectivity index (χ1n) is 13.4. The van der Waals surface area contributed by atoms with Crippen molar-refractivity contribution < 1.29 is 23.5 Å². The minimum absolute atomic E-state index is 0.0508. The number of benzene rings is 2. The van der Waals surface area contributed by atoms with E-state index in [4.69, 9.17) is 5.73 Å². The number of nitrogens with zero attached hydrogens (tertiary/aromatic N) is 2. The van der Waals surface area contributed by atoms with Crippen molar-refractivity contribution in [3.8, 4) is 0 Å². The van der Waals surface area contributed by atoms with E-state index in [2.05, 4.69) is 10.8 Å². The fourth-order valence-corrected chi connectivity index (χ4v) is 5.00. The molecule has 0 aliphatic carbocycles. The molecule has 1 fully saturated rings. The first-order chi connectivity index (χ1) is 18.0. The number of nitrogens with two attached hydrogens (primary N) is 1. The second kappa shape index (κ2) is 13.4. The van der Waals surface area contributed by atoms with Crippen molar-refractivity contribution in [3.05, 3.63) is 65.5 Å². The van der Waals surface area contributed by atoms with Crippen LogP contribution < -0.4 is 10.6 Å². The second-order valence-electron chi connectivity index (χ2n) is 10.8. The number of amides is 3. The first kappa shape index (κ1) is 29.1. The van der Waals surface area contributed by atoms with Gasteiger partial charge in [0.2, 0.25) is 11.8 Å². The number of carbonyl (C=O) groups is 3. The molecule has 4 rings (SSSR count). The summed E-state index contributed by atoms with van der Waals surface area (Å²) < 4.78 is 18.4. The van der Waals surface area contributed by atoms with E-state index in [1.165, 1.54) is 11.6 Å². The maximum atomic E-state index is 13.8. The quantitative estimate of drug-likeness (QED) is 0.547. The third-order valence-corrected chi connectivity index (χ3v) is 6.73. The molecule has 2 N–H and O–H groups in total. The number of hydrogen-bond donors (Lipinski definition) is 1. The standard InChI is InChI=1S/C25H29FN2O2.C5H11NO2/c26-22-12-3-1-8-19(22)10-7-14-24(29)27-17-6-5-11-21(27)18-28-23-13-4-2-9-20(23)15-16-25(28)30;1-5(2,3)8-4(6)7/h1-4,8-9,12-13,21H,5-7,10-11,14-18H2;1-3H3,(H2,6,7). The van der Waals surface area contributed by atoms with Gasteiger partial charge in [0.1, 0.15) is 11.4 Å². The first-order valence-corrected chi connectivity index (χ1v) is 13.4. The highest BCUT2D eigenvalue weighted by Gasteiger charge is 2.32. The molecule has 1 saturated heterocycles. The van der Waals surface area contributed by atoms with E-state index in [0.717, 1.165) is 37.9 Å². The second-order valence-corrected chi connectivity index (χ2v) is 10.8. The summed E-state index contributed by atoms with van der Waals surface area (Å²) in [4.78, 5) is 39.5. The molecule has 3 amide bonds. The Morgan fingerprint density at radius 3 is 2.45 bits per heavy atom. The topological polar surface area (TPSA) is 92.9 Å².